The lowest BCUT2D eigenvalue weighted by Gasteiger charge is -2.26. The van der Waals surface area contributed by atoms with Gasteiger partial charge in [-0.05, 0) is 64.2 Å². The van der Waals surface area contributed by atoms with E-state index in [0.717, 1.165) is 40.0 Å². The minimum absolute atomic E-state index is 0.256. The molecule has 1 aromatic rings. The second-order valence-corrected chi connectivity index (χ2v) is 7.26. The van der Waals surface area contributed by atoms with Gasteiger partial charge in [-0.3, -0.25) is 4.79 Å². The van der Waals surface area contributed by atoms with Gasteiger partial charge in [0.1, 0.15) is 11.5 Å². The summed E-state index contributed by atoms with van der Waals surface area (Å²) in [5, 5.41) is 10.1. The Bertz CT molecular complexity index is 579. The molecule has 1 rings (SSSR count). The number of phenolic OH excluding ortho intramolecular Hbond substituents is 1. The fraction of sp³-hybridized carbons (Fsp3) is 0.550. The average Bonchev–Trinajstić information content (AvgIpc) is 2.41. The fourth-order valence-electron chi connectivity index (χ4n) is 2.03. The van der Waals surface area contributed by atoms with Gasteiger partial charge in [-0.25, -0.2) is 0 Å². The van der Waals surface area contributed by atoms with E-state index in [1.807, 2.05) is 27.7 Å². The zero-order valence-electron chi connectivity index (χ0n) is 16.1. The number of allylic oxidation sites excluding steroid dienone is 1. The second-order valence-electron chi connectivity index (χ2n) is 7.26. The van der Waals surface area contributed by atoms with E-state index in [0.29, 0.717) is 5.75 Å². The van der Waals surface area contributed by atoms with Gasteiger partial charge < -0.3 is 9.84 Å². The van der Waals surface area contributed by atoms with Gasteiger partial charge in [-0.15, -0.1) is 0 Å². The standard InChI is InChI=1S/C16H22O3.C4H10/c1-9(2)13-12(5)14(18)10(3)11(4)15(13)19-16(6,7)8-17;1-4(2)3/h8,18H,1H2,2-7H3;4H,1-3H3. The molecule has 0 unspecified atom stereocenters. The largest absolute Gasteiger partial charge is 0.507 e. The molecule has 3 heteroatoms. The zero-order chi connectivity index (χ0) is 18.5. The van der Waals surface area contributed by atoms with E-state index in [4.69, 9.17) is 4.74 Å². The van der Waals surface area contributed by atoms with Gasteiger partial charge in [-0.1, -0.05) is 27.4 Å². The third-order valence-corrected chi connectivity index (χ3v) is 3.29. The topological polar surface area (TPSA) is 46.5 Å². The van der Waals surface area contributed by atoms with Gasteiger partial charge in [0.05, 0.1) is 0 Å². The quantitative estimate of drug-likeness (QED) is 0.759. The first kappa shape index (κ1) is 21.2. The van der Waals surface area contributed by atoms with Crippen molar-refractivity contribution in [3.8, 4) is 11.5 Å². The van der Waals surface area contributed by atoms with E-state index in [2.05, 4.69) is 27.4 Å². The molecule has 0 fully saturated rings. The minimum atomic E-state index is -0.912. The highest BCUT2D eigenvalue weighted by Gasteiger charge is 2.25. The van der Waals surface area contributed by atoms with Crippen molar-refractivity contribution < 1.29 is 14.6 Å². The first-order valence-corrected chi connectivity index (χ1v) is 7.99. The van der Waals surface area contributed by atoms with Gasteiger partial charge in [0.15, 0.2) is 11.9 Å². The summed E-state index contributed by atoms with van der Waals surface area (Å²) >= 11 is 0. The maximum atomic E-state index is 11.1. The first-order valence-electron chi connectivity index (χ1n) is 7.99. The predicted octanol–water partition coefficient (Wildman–Crippen LogP) is 5.37. The van der Waals surface area contributed by atoms with Gasteiger partial charge in [0.25, 0.3) is 0 Å². The monoisotopic (exact) mass is 320 g/mol. The molecule has 3 nitrogen and oxygen atoms in total. The fourth-order valence-corrected chi connectivity index (χ4v) is 2.03. The molecule has 0 amide bonds. The van der Waals surface area contributed by atoms with E-state index in [9.17, 15) is 9.90 Å². The first-order chi connectivity index (χ1) is 10.4. The summed E-state index contributed by atoms with van der Waals surface area (Å²) in [6.07, 6.45) is 0.770. The number of hydrogen-bond donors (Lipinski definition) is 1. The number of benzene rings is 1. The highest BCUT2D eigenvalue weighted by Crippen LogP contribution is 2.41. The second kappa shape index (κ2) is 8.19. The van der Waals surface area contributed by atoms with Crippen LogP contribution in [0.4, 0.5) is 0 Å². The van der Waals surface area contributed by atoms with Crippen molar-refractivity contribution in [1.29, 1.82) is 0 Å². The Hall–Kier alpha value is -1.77. The van der Waals surface area contributed by atoms with Crippen molar-refractivity contribution in [1.82, 2.24) is 0 Å². The van der Waals surface area contributed by atoms with Crippen molar-refractivity contribution in [2.75, 3.05) is 0 Å². The number of aromatic hydroxyl groups is 1. The van der Waals surface area contributed by atoms with Crippen LogP contribution in [0.3, 0.4) is 0 Å². The Morgan fingerprint density at radius 1 is 1.13 bits per heavy atom. The summed E-state index contributed by atoms with van der Waals surface area (Å²) in [4.78, 5) is 11.1. The average molecular weight is 320 g/mol. The molecule has 0 aliphatic carbocycles. The molecular formula is C20H32O3. The Balaban J connectivity index is 0.00000108. The lowest BCUT2D eigenvalue weighted by atomic mass is 9.93. The van der Waals surface area contributed by atoms with Crippen molar-refractivity contribution >= 4 is 11.9 Å². The lowest BCUT2D eigenvalue weighted by Crippen LogP contribution is -2.30. The number of rotatable bonds is 4. The van der Waals surface area contributed by atoms with E-state index in [1.54, 1.807) is 13.8 Å². The highest BCUT2D eigenvalue weighted by molar-refractivity contribution is 5.76. The molecule has 130 valence electrons. The van der Waals surface area contributed by atoms with Crippen molar-refractivity contribution in [2.45, 2.75) is 67.9 Å². The molecule has 0 heterocycles. The van der Waals surface area contributed by atoms with Crippen LogP contribution in [0.25, 0.3) is 5.57 Å². The van der Waals surface area contributed by atoms with E-state index >= 15 is 0 Å². The van der Waals surface area contributed by atoms with E-state index < -0.39 is 5.60 Å². The normalized spacial score (nSPS) is 10.9. The van der Waals surface area contributed by atoms with Crippen LogP contribution in [0.1, 0.15) is 63.8 Å². The Labute approximate surface area is 141 Å². The number of aldehydes is 1. The smallest absolute Gasteiger partial charge is 0.162 e. The molecule has 0 aromatic heterocycles. The summed E-state index contributed by atoms with van der Waals surface area (Å²) in [6, 6.07) is 0. The molecule has 0 radical (unpaired) electrons. The van der Waals surface area contributed by atoms with Crippen molar-refractivity contribution in [2.24, 2.45) is 5.92 Å². The van der Waals surface area contributed by atoms with Crippen LogP contribution in [-0.4, -0.2) is 17.0 Å². The molecule has 0 aliphatic rings. The van der Waals surface area contributed by atoms with Crippen LogP contribution in [0.15, 0.2) is 6.58 Å². The lowest BCUT2D eigenvalue weighted by molar-refractivity contribution is -0.119. The summed E-state index contributed by atoms with van der Waals surface area (Å²) in [5.74, 6) is 1.71. The Kier molecular flexibility index (Phi) is 7.56. The molecule has 0 bridgehead atoms. The Morgan fingerprint density at radius 3 is 1.91 bits per heavy atom. The third kappa shape index (κ3) is 5.74. The molecule has 1 aromatic carbocycles. The molecule has 0 aliphatic heterocycles. The summed E-state index contributed by atoms with van der Waals surface area (Å²) in [5.41, 5.74) is 2.98. The Morgan fingerprint density at radius 2 is 1.57 bits per heavy atom. The van der Waals surface area contributed by atoms with Gasteiger partial charge in [-0.2, -0.15) is 0 Å². The maximum absolute atomic E-state index is 11.1. The number of carbonyl (C=O) groups excluding carboxylic acids is 1. The van der Waals surface area contributed by atoms with Crippen LogP contribution in [0.2, 0.25) is 0 Å². The minimum Gasteiger partial charge on any atom is -0.507 e. The number of ether oxygens (including phenoxy) is 1. The zero-order valence-corrected chi connectivity index (χ0v) is 16.1. The number of hydrogen-bond acceptors (Lipinski definition) is 3. The summed E-state index contributed by atoms with van der Waals surface area (Å²) in [6.45, 7) is 21.2. The molecule has 23 heavy (non-hydrogen) atoms. The SMILES string of the molecule is C=C(C)c1c(C)c(O)c(C)c(C)c1OC(C)(C)C=O.CC(C)C. The third-order valence-electron chi connectivity index (χ3n) is 3.29. The van der Waals surface area contributed by atoms with Gasteiger partial charge in [0, 0.05) is 11.1 Å². The predicted molar refractivity (Wildman–Crippen MR) is 98.3 cm³/mol. The van der Waals surface area contributed by atoms with E-state index in [1.165, 1.54) is 0 Å². The van der Waals surface area contributed by atoms with Crippen molar-refractivity contribution in [3.63, 3.8) is 0 Å². The number of carbonyl (C=O) groups is 1. The van der Waals surface area contributed by atoms with Crippen LogP contribution >= 0.6 is 0 Å². The molecule has 0 saturated heterocycles. The molecule has 1 N–H and O–H groups in total. The van der Waals surface area contributed by atoms with Crippen LogP contribution < -0.4 is 4.74 Å². The summed E-state index contributed by atoms with van der Waals surface area (Å²) < 4.78 is 5.85. The molecule has 0 spiro atoms. The van der Waals surface area contributed by atoms with Crippen LogP contribution in [0.5, 0.6) is 11.5 Å². The van der Waals surface area contributed by atoms with Crippen molar-refractivity contribution in [3.05, 3.63) is 28.8 Å². The maximum Gasteiger partial charge on any atom is 0.162 e. The van der Waals surface area contributed by atoms with E-state index in [-0.39, 0.29) is 5.75 Å². The molecule has 0 atom stereocenters. The highest BCUT2D eigenvalue weighted by atomic mass is 16.5. The van der Waals surface area contributed by atoms with Crippen LogP contribution in [0, 0.1) is 26.7 Å². The molecule has 0 saturated carbocycles. The van der Waals surface area contributed by atoms with Gasteiger partial charge >= 0.3 is 0 Å². The number of phenols is 1. The van der Waals surface area contributed by atoms with Gasteiger partial charge in [0.2, 0.25) is 0 Å². The molecular weight excluding hydrogens is 288 g/mol. The summed E-state index contributed by atoms with van der Waals surface area (Å²) in [7, 11) is 0. The van der Waals surface area contributed by atoms with Crippen LogP contribution in [-0.2, 0) is 4.79 Å².